The molecule has 0 bridgehead atoms. The van der Waals surface area contributed by atoms with Gasteiger partial charge in [-0.25, -0.2) is 4.39 Å². The first-order valence-corrected chi connectivity index (χ1v) is 13.1. The quantitative estimate of drug-likeness (QED) is 0.331. The normalized spacial score (nSPS) is 14.2. The number of amides is 2. The summed E-state index contributed by atoms with van der Waals surface area (Å²) in [5.41, 5.74) is 1.46. The second-order valence-electron chi connectivity index (χ2n) is 9.16. The van der Waals surface area contributed by atoms with Crippen molar-refractivity contribution in [3.63, 3.8) is 0 Å². The second-order valence-corrected chi connectivity index (χ2v) is 9.97. The summed E-state index contributed by atoms with van der Waals surface area (Å²) in [4.78, 5) is 28.8. The first-order chi connectivity index (χ1) is 17.9. The van der Waals surface area contributed by atoms with Gasteiger partial charge >= 0.3 is 0 Å². The molecule has 0 radical (unpaired) electrons. The predicted octanol–water partition coefficient (Wildman–Crippen LogP) is 6.21. The summed E-state index contributed by atoms with van der Waals surface area (Å²) in [5.74, 6) is -0.697. The number of nitrogens with one attached hydrogen (secondary N) is 1. The fourth-order valence-electron chi connectivity index (χ4n) is 4.53. The van der Waals surface area contributed by atoms with Crippen LogP contribution < -0.4 is 10.1 Å². The van der Waals surface area contributed by atoms with E-state index >= 15 is 0 Å². The van der Waals surface area contributed by atoms with Crippen molar-refractivity contribution >= 4 is 35.0 Å². The summed E-state index contributed by atoms with van der Waals surface area (Å²) >= 11 is 12.9. The Balaban J connectivity index is 1.64. The summed E-state index contributed by atoms with van der Waals surface area (Å²) in [5, 5.41) is 3.95. The minimum atomic E-state index is -0.820. The van der Waals surface area contributed by atoms with Crippen LogP contribution in [0, 0.1) is 5.82 Å². The molecule has 2 amide bonds. The molecule has 1 N–H and O–H groups in total. The fraction of sp³-hybridized carbons (Fsp3) is 0.310. The molecule has 1 saturated carbocycles. The molecule has 0 saturated heterocycles. The van der Waals surface area contributed by atoms with E-state index in [2.05, 4.69) is 5.32 Å². The smallest absolute Gasteiger partial charge is 0.261 e. The van der Waals surface area contributed by atoms with Crippen molar-refractivity contribution in [3.8, 4) is 5.75 Å². The zero-order valence-corrected chi connectivity index (χ0v) is 21.9. The zero-order valence-electron chi connectivity index (χ0n) is 20.3. The molecule has 8 heteroatoms. The lowest BCUT2D eigenvalue weighted by Crippen LogP contribution is -2.53. The van der Waals surface area contributed by atoms with Crippen LogP contribution in [0.1, 0.15) is 36.8 Å². The maximum Gasteiger partial charge on any atom is 0.261 e. The molecule has 1 aliphatic rings. The van der Waals surface area contributed by atoms with E-state index in [1.54, 1.807) is 18.2 Å². The molecule has 4 rings (SSSR count). The van der Waals surface area contributed by atoms with E-state index in [-0.39, 0.29) is 25.1 Å². The zero-order chi connectivity index (χ0) is 26.2. The number of rotatable bonds is 10. The summed E-state index contributed by atoms with van der Waals surface area (Å²) < 4.78 is 19.0. The van der Waals surface area contributed by atoms with Gasteiger partial charge in [-0.15, -0.1) is 0 Å². The summed E-state index contributed by atoms with van der Waals surface area (Å²) in [6, 6.07) is 19.4. The first kappa shape index (κ1) is 27.0. The highest BCUT2D eigenvalue weighted by Gasteiger charge is 2.33. The van der Waals surface area contributed by atoms with E-state index in [1.807, 2.05) is 30.3 Å². The average Bonchev–Trinajstić information content (AvgIpc) is 3.40. The van der Waals surface area contributed by atoms with Gasteiger partial charge < -0.3 is 15.0 Å². The Hall–Kier alpha value is -3.09. The molecule has 1 aliphatic carbocycles. The van der Waals surface area contributed by atoms with Gasteiger partial charge in [-0.05, 0) is 54.8 Å². The van der Waals surface area contributed by atoms with Gasteiger partial charge in [0.15, 0.2) is 6.61 Å². The monoisotopic (exact) mass is 542 g/mol. The molecule has 1 atom stereocenters. The predicted molar refractivity (Wildman–Crippen MR) is 143 cm³/mol. The minimum Gasteiger partial charge on any atom is -0.484 e. The van der Waals surface area contributed by atoms with Crippen molar-refractivity contribution in [3.05, 3.63) is 99.8 Å². The van der Waals surface area contributed by atoms with Crippen LogP contribution in [0.3, 0.4) is 0 Å². The van der Waals surface area contributed by atoms with Gasteiger partial charge in [0.2, 0.25) is 5.91 Å². The molecule has 0 aliphatic heterocycles. The molecular formula is C29H29Cl2FN2O3. The van der Waals surface area contributed by atoms with Crippen LogP contribution in [-0.2, 0) is 22.6 Å². The number of nitrogens with zero attached hydrogens (tertiary/aromatic N) is 1. The van der Waals surface area contributed by atoms with E-state index in [1.165, 1.54) is 29.2 Å². The van der Waals surface area contributed by atoms with Crippen molar-refractivity contribution in [1.82, 2.24) is 10.2 Å². The van der Waals surface area contributed by atoms with Gasteiger partial charge in [0.05, 0.1) is 0 Å². The summed E-state index contributed by atoms with van der Waals surface area (Å²) in [6.45, 7) is -0.310. The Labute approximate surface area is 226 Å². The molecule has 0 aromatic heterocycles. The number of halogens is 3. The van der Waals surface area contributed by atoms with Gasteiger partial charge in [-0.1, -0.05) is 72.4 Å². The fourth-order valence-corrected chi connectivity index (χ4v) is 5.05. The Morgan fingerprint density at radius 2 is 1.59 bits per heavy atom. The van der Waals surface area contributed by atoms with Gasteiger partial charge in [-0.2, -0.15) is 0 Å². The molecule has 194 valence electrons. The standard InChI is InChI=1S/C29H29Cl2FN2O3/c30-25-11-6-12-26(31)24(25)18-34(28(35)19-37-23-15-13-21(32)14-16-23)27(17-20-7-2-1-3-8-20)29(36)33-22-9-4-5-10-22/h1-3,6-8,11-16,22,27H,4-5,9-10,17-19H2,(H,33,36). The lowest BCUT2D eigenvalue weighted by atomic mass is 10.0. The van der Waals surface area contributed by atoms with Crippen LogP contribution in [0.5, 0.6) is 5.75 Å². The van der Waals surface area contributed by atoms with Gasteiger partial charge in [0.25, 0.3) is 5.91 Å². The van der Waals surface area contributed by atoms with Crippen LogP contribution in [-0.4, -0.2) is 35.4 Å². The topological polar surface area (TPSA) is 58.6 Å². The third kappa shape index (κ3) is 7.46. The third-order valence-corrected chi connectivity index (χ3v) is 7.25. The van der Waals surface area contributed by atoms with Crippen molar-refractivity contribution in [2.45, 2.75) is 50.7 Å². The molecular weight excluding hydrogens is 514 g/mol. The Morgan fingerprint density at radius 1 is 0.946 bits per heavy atom. The Kier molecular flexibility index (Phi) is 9.42. The largest absolute Gasteiger partial charge is 0.484 e. The number of ether oxygens (including phenoxy) is 1. The van der Waals surface area contributed by atoms with Crippen LogP contribution in [0.25, 0.3) is 0 Å². The number of hydrogen-bond acceptors (Lipinski definition) is 3. The van der Waals surface area contributed by atoms with Gasteiger partial charge in [0, 0.05) is 34.6 Å². The molecule has 1 unspecified atom stereocenters. The Morgan fingerprint density at radius 3 is 2.24 bits per heavy atom. The molecule has 0 spiro atoms. The lowest BCUT2D eigenvalue weighted by molar-refractivity contribution is -0.143. The van der Waals surface area contributed by atoms with Crippen LogP contribution in [0.2, 0.25) is 10.0 Å². The number of benzene rings is 3. The molecule has 3 aromatic rings. The van der Waals surface area contributed by atoms with Gasteiger partial charge in [-0.3, -0.25) is 9.59 Å². The van der Waals surface area contributed by atoms with E-state index < -0.39 is 17.8 Å². The molecule has 37 heavy (non-hydrogen) atoms. The molecule has 5 nitrogen and oxygen atoms in total. The lowest BCUT2D eigenvalue weighted by Gasteiger charge is -2.32. The number of carbonyl (C=O) groups excluding carboxylic acids is 2. The minimum absolute atomic E-state index is 0.0275. The van der Waals surface area contributed by atoms with Crippen molar-refractivity contribution in [1.29, 1.82) is 0 Å². The maximum atomic E-state index is 13.7. The maximum absolute atomic E-state index is 13.7. The highest BCUT2D eigenvalue weighted by atomic mass is 35.5. The molecule has 1 fully saturated rings. The highest BCUT2D eigenvalue weighted by molar-refractivity contribution is 6.36. The van der Waals surface area contributed by atoms with Crippen molar-refractivity contribution < 1.29 is 18.7 Å². The SMILES string of the molecule is O=C(NC1CCCC1)C(Cc1ccccc1)N(Cc1c(Cl)cccc1Cl)C(=O)COc1ccc(F)cc1. The first-order valence-electron chi connectivity index (χ1n) is 12.4. The van der Waals surface area contributed by atoms with Crippen LogP contribution >= 0.6 is 23.2 Å². The summed E-state index contributed by atoms with van der Waals surface area (Å²) in [7, 11) is 0. The third-order valence-electron chi connectivity index (χ3n) is 6.54. The van der Waals surface area contributed by atoms with E-state index in [9.17, 15) is 14.0 Å². The van der Waals surface area contributed by atoms with Crippen molar-refractivity contribution in [2.24, 2.45) is 0 Å². The van der Waals surface area contributed by atoms with Crippen LogP contribution in [0.15, 0.2) is 72.8 Å². The average molecular weight is 543 g/mol. The number of hydrogen-bond donors (Lipinski definition) is 1. The van der Waals surface area contributed by atoms with E-state index in [0.717, 1.165) is 31.2 Å². The summed E-state index contributed by atoms with van der Waals surface area (Å²) in [6.07, 6.45) is 4.28. The molecule has 3 aromatic carbocycles. The number of carbonyl (C=O) groups is 2. The molecule has 0 heterocycles. The van der Waals surface area contributed by atoms with Gasteiger partial charge in [0.1, 0.15) is 17.6 Å². The van der Waals surface area contributed by atoms with E-state index in [4.69, 9.17) is 27.9 Å². The van der Waals surface area contributed by atoms with Crippen molar-refractivity contribution in [2.75, 3.05) is 6.61 Å². The Bertz CT molecular complexity index is 1180. The second kappa shape index (κ2) is 12.9. The highest BCUT2D eigenvalue weighted by Crippen LogP contribution is 2.28. The van der Waals surface area contributed by atoms with Crippen LogP contribution in [0.4, 0.5) is 4.39 Å². The van der Waals surface area contributed by atoms with E-state index in [0.29, 0.717) is 27.8 Å².